The van der Waals surface area contributed by atoms with Gasteiger partial charge in [-0.3, -0.25) is 9.36 Å². The molecular weight excluding hydrogens is 848 g/mol. The van der Waals surface area contributed by atoms with Crippen molar-refractivity contribution < 1.29 is 33.3 Å². The number of ether oxygens (including phenoxy) is 5. The molecule has 3 aromatic carbocycles. The lowest BCUT2D eigenvalue weighted by Gasteiger charge is -2.25. The summed E-state index contributed by atoms with van der Waals surface area (Å²) in [5, 5.41) is 0. The summed E-state index contributed by atoms with van der Waals surface area (Å²) in [5.41, 5.74) is 2.47. The van der Waals surface area contributed by atoms with Gasteiger partial charge in [0.2, 0.25) is 0 Å². The van der Waals surface area contributed by atoms with Crippen LogP contribution in [-0.2, 0) is 25.7 Å². The van der Waals surface area contributed by atoms with Crippen molar-refractivity contribution in [2.45, 2.75) is 33.4 Å². The smallest absolute Gasteiger partial charge is 0.343 e. The average molecular weight is 879 g/mol. The number of allylic oxidation sites excluding steroid dienone is 1. The Morgan fingerprint density at radius 2 is 1.69 bits per heavy atom. The number of methoxy groups -OCH3 is 1. The largest absolute Gasteiger partial charge is 0.490 e. The standard InChI is InChI=1S/C35H31Br3N2O8S/c1-5-45-27-14-21(9-12-26(27)47-18-29(41)44-4)31-30(34(43)46-6-2)19(3)39-35-40(31)33(42)28(49-35)15-22-13-24(37)16-25(38)32(22)48-17-20-7-10-23(36)11-8-20/h7-16,31H,5-6,17-18H2,1-4H3/b28-15+/t31-/m1/s1. The van der Waals surface area contributed by atoms with Gasteiger partial charge >= 0.3 is 11.9 Å². The van der Waals surface area contributed by atoms with Crippen LogP contribution in [0.2, 0.25) is 0 Å². The van der Waals surface area contributed by atoms with Gasteiger partial charge in [0.25, 0.3) is 5.56 Å². The Morgan fingerprint density at radius 3 is 2.39 bits per heavy atom. The fourth-order valence-electron chi connectivity index (χ4n) is 5.10. The fraction of sp³-hybridized carbons (Fsp3) is 0.257. The van der Waals surface area contributed by atoms with Crippen LogP contribution in [0.25, 0.3) is 6.08 Å². The summed E-state index contributed by atoms with van der Waals surface area (Å²) in [4.78, 5) is 44.6. The van der Waals surface area contributed by atoms with Gasteiger partial charge in [0.1, 0.15) is 12.4 Å². The molecule has 0 amide bonds. The Bertz CT molecular complexity index is 2110. The maximum atomic E-state index is 14.3. The van der Waals surface area contributed by atoms with Gasteiger partial charge in [-0.2, -0.15) is 0 Å². The molecule has 1 aromatic heterocycles. The molecule has 5 rings (SSSR count). The van der Waals surface area contributed by atoms with E-state index in [2.05, 4.69) is 52.8 Å². The number of hydrogen-bond donors (Lipinski definition) is 0. The summed E-state index contributed by atoms with van der Waals surface area (Å²) in [5.74, 6) is 0.0432. The van der Waals surface area contributed by atoms with Crippen LogP contribution < -0.4 is 29.1 Å². The lowest BCUT2D eigenvalue weighted by Crippen LogP contribution is -2.40. The fourth-order valence-corrected chi connectivity index (χ4v) is 7.78. The third kappa shape index (κ3) is 8.36. The van der Waals surface area contributed by atoms with Gasteiger partial charge in [0, 0.05) is 14.5 Å². The molecule has 4 aromatic rings. The molecule has 1 aliphatic heterocycles. The van der Waals surface area contributed by atoms with E-state index in [1.165, 1.54) is 23.0 Å². The first-order chi connectivity index (χ1) is 23.5. The van der Waals surface area contributed by atoms with Gasteiger partial charge in [-0.25, -0.2) is 14.6 Å². The minimum Gasteiger partial charge on any atom is -0.490 e. The van der Waals surface area contributed by atoms with Crippen molar-refractivity contribution in [1.82, 2.24) is 4.57 Å². The Morgan fingerprint density at radius 1 is 0.939 bits per heavy atom. The van der Waals surface area contributed by atoms with E-state index in [0.29, 0.717) is 61.1 Å². The van der Waals surface area contributed by atoms with Gasteiger partial charge in [0.15, 0.2) is 22.9 Å². The molecule has 256 valence electrons. The highest BCUT2D eigenvalue weighted by molar-refractivity contribution is 9.11. The maximum absolute atomic E-state index is 14.3. The molecule has 0 radical (unpaired) electrons. The molecule has 0 unspecified atom stereocenters. The van der Waals surface area contributed by atoms with Gasteiger partial charge in [0.05, 0.1) is 46.6 Å². The zero-order valence-electron chi connectivity index (χ0n) is 26.9. The van der Waals surface area contributed by atoms with E-state index in [0.717, 1.165) is 14.5 Å². The third-order valence-electron chi connectivity index (χ3n) is 7.29. The summed E-state index contributed by atoms with van der Waals surface area (Å²) < 4.78 is 32.2. The van der Waals surface area contributed by atoms with E-state index >= 15 is 0 Å². The lowest BCUT2D eigenvalue weighted by molar-refractivity contribution is -0.143. The Kier molecular flexibility index (Phi) is 12.2. The molecule has 0 bridgehead atoms. The molecule has 0 N–H and O–H groups in total. The summed E-state index contributed by atoms with van der Waals surface area (Å²) >= 11 is 11.8. The second-order valence-electron chi connectivity index (χ2n) is 10.5. The van der Waals surface area contributed by atoms with Crippen LogP contribution in [0, 0.1) is 0 Å². The van der Waals surface area contributed by atoms with Crippen molar-refractivity contribution in [2.75, 3.05) is 26.9 Å². The lowest BCUT2D eigenvalue weighted by atomic mass is 9.95. The van der Waals surface area contributed by atoms with Crippen LogP contribution in [-0.4, -0.2) is 43.4 Å². The van der Waals surface area contributed by atoms with Gasteiger partial charge in [-0.15, -0.1) is 0 Å². The molecule has 10 nitrogen and oxygen atoms in total. The number of carbonyl (C=O) groups is 2. The SMILES string of the molecule is CCOC(=O)C1=C(C)N=c2s/c(=C/c3cc(Br)cc(Br)c3OCc3ccc(Br)cc3)c(=O)n2[C@@H]1c1ccc(OCC(=O)OC)c(OCC)c1. The first-order valence-corrected chi connectivity index (χ1v) is 18.3. The number of rotatable bonds is 12. The predicted octanol–water partition coefficient (Wildman–Crippen LogP) is 6.62. The first-order valence-electron chi connectivity index (χ1n) is 15.1. The molecule has 49 heavy (non-hydrogen) atoms. The Labute approximate surface area is 311 Å². The van der Waals surface area contributed by atoms with Crippen LogP contribution in [0.4, 0.5) is 0 Å². The van der Waals surface area contributed by atoms with E-state index in [1.54, 1.807) is 38.1 Å². The molecule has 0 saturated heterocycles. The summed E-state index contributed by atoms with van der Waals surface area (Å²) in [6.45, 7) is 5.66. The van der Waals surface area contributed by atoms with Gasteiger partial charge in [-0.05, 0) is 90.3 Å². The van der Waals surface area contributed by atoms with E-state index in [-0.39, 0.29) is 24.3 Å². The molecule has 1 aliphatic rings. The van der Waals surface area contributed by atoms with Crippen LogP contribution >= 0.6 is 59.1 Å². The molecule has 1 atom stereocenters. The Hall–Kier alpha value is -3.72. The molecule has 0 aliphatic carbocycles. The van der Waals surface area contributed by atoms with Crippen molar-refractivity contribution in [3.05, 3.63) is 116 Å². The molecule has 0 fully saturated rings. The topological polar surface area (TPSA) is 115 Å². The van der Waals surface area contributed by atoms with E-state index in [1.807, 2.05) is 43.3 Å². The average Bonchev–Trinajstić information content (AvgIpc) is 3.37. The second kappa shape index (κ2) is 16.3. The van der Waals surface area contributed by atoms with E-state index in [4.69, 9.17) is 23.7 Å². The van der Waals surface area contributed by atoms with Crippen LogP contribution in [0.15, 0.2) is 89.1 Å². The molecule has 0 spiro atoms. The van der Waals surface area contributed by atoms with Crippen molar-refractivity contribution in [3.63, 3.8) is 0 Å². The first kappa shape index (κ1) is 36.6. The summed E-state index contributed by atoms with van der Waals surface area (Å²) in [6.07, 6.45) is 1.76. The summed E-state index contributed by atoms with van der Waals surface area (Å²) in [7, 11) is 1.27. The number of carbonyl (C=O) groups excluding carboxylic acids is 2. The van der Waals surface area contributed by atoms with Gasteiger partial charge < -0.3 is 23.7 Å². The second-order valence-corrected chi connectivity index (χ2v) is 14.2. The normalized spacial score (nSPS) is 14.2. The number of nitrogens with zero attached hydrogens (tertiary/aromatic N) is 2. The van der Waals surface area contributed by atoms with Gasteiger partial charge in [-0.1, -0.05) is 61.4 Å². The predicted molar refractivity (Wildman–Crippen MR) is 196 cm³/mol. The number of halogens is 3. The van der Waals surface area contributed by atoms with Crippen LogP contribution in [0.1, 0.15) is 43.5 Å². The quantitative estimate of drug-likeness (QED) is 0.146. The zero-order valence-corrected chi connectivity index (χ0v) is 32.5. The summed E-state index contributed by atoms with van der Waals surface area (Å²) in [6, 6.07) is 15.7. The number of hydrogen-bond acceptors (Lipinski definition) is 10. The van der Waals surface area contributed by atoms with E-state index < -0.39 is 18.0 Å². The van der Waals surface area contributed by atoms with Crippen molar-refractivity contribution >= 4 is 77.1 Å². The highest BCUT2D eigenvalue weighted by Crippen LogP contribution is 2.37. The molecule has 2 heterocycles. The number of benzene rings is 3. The maximum Gasteiger partial charge on any atom is 0.343 e. The monoisotopic (exact) mass is 876 g/mol. The van der Waals surface area contributed by atoms with Crippen molar-refractivity contribution in [3.8, 4) is 17.2 Å². The third-order valence-corrected chi connectivity index (χ3v) is 9.85. The number of fused-ring (bicyclic) bond motifs is 1. The highest BCUT2D eigenvalue weighted by Gasteiger charge is 2.34. The Balaban J connectivity index is 1.64. The molecule has 0 saturated carbocycles. The number of thiazole rings is 1. The van der Waals surface area contributed by atoms with Crippen LogP contribution in [0.5, 0.6) is 17.2 Å². The minimum atomic E-state index is -0.895. The van der Waals surface area contributed by atoms with E-state index in [9.17, 15) is 14.4 Å². The molecular formula is C35H31Br3N2O8S. The zero-order chi connectivity index (χ0) is 35.2. The minimum absolute atomic E-state index is 0.137. The number of esters is 2. The van der Waals surface area contributed by atoms with Crippen molar-refractivity contribution in [1.29, 1.82) is 0 Å². The highest BCUT2D eigenvalue weighted by atomic mass is 79.9. The van der Waals surface area contributed by atoms with Crippen LogP contribution in [0.3, 0.4) is 0 Å². The molecule has 14 heteroatoms. The van der Waals surface area contributed by atoms with Crippen molar-refractivity contribution in [2.24, 2.45) is 4.99 Å². The number of aromatic nitrogens is 1.